The van der Waals surface area contributed by atoms with E-state index >= 15 is 0 Å². The molecule has 6 heteroatoms. The summed E-state index contributed by atoms with van der Waals surface area (Å²) in [5, 5.41) is 2.77. The number of aryl methyl sites for hydroxylation is 2. The SMILES string of the molecule is CCCc1cc(C(=O)N(CC)CC(=O)NCc2ccc(F)cc2)sc1C. The lowest BCUT2D eigenvalue weighted by Gasteiger charge is -2.19. The van der Waals surface area contributed by atoms with Crippen molar-refractivity contribution in [2.45, 2.75) is 40.2 Å². The van der Waals surface area contributed by atoms with Crippen LogP contribution in [0, 0.1) is 12.7 Å². The van der Waals surface area contributed by atoms with Crippen molar-refractivity contribution in [2.75, 3.05) is 13.1 Å². The Balaban J connectivity index is 1.94. The Labute approximate surface area is 158 Å². The van der Waals surface area contributed by atoms with E-state index in [0.29, 0.717) is 18.0 Å². The summed E-state index contributed by atoms with van der Waals surface area (Å²) in [6.07, 6.45) is 1.99. The van der Waals surface area contributed by atoms with E-state index in [4.69, 9.17) is 0 Å². The molecule has 1 heterocycles. The van der Waals surface area contributed by atoms with Gasteiger partial charge in [0.05, 0.1) is 11.4 Å². The Morgan fingerprint density at radius 3 is 2.50 bits per heavy atom. The first kappa shape index (κ1) is 20.1. The number of hydrogen-bond acceptors (Lipinski definition) is 3. The third-order valence-corrected chi connectivity index (χ3v) is 5.24. The van der Waals surface area contributed by atoms with Crippen LogP contribution in [0.1, 0.15) is 45.9 Å². The Morgan fingerprint density at radius 1 is 1.19 bits per heavy atom. The van der Waals surface area contributed by atoms with Gasteiger partial charge in [0.2, 0.25) is 5.91 Å². The number of halogens is 1. The van der Waals surface area contributed by atoms with Crippen molar-refractivity contribution in [1.29, 1.82) is 0 Å². The number of nitrogens with zero attached hydrogens (tertiary/aromatic N) is 1. The van der Waals surface area contributed by atoms with Gasteiger partial charge in [0.1, 0.15) is 5.82 Å². The molecule has 0 atom stereocenters. The van der Waals surface area contributed by atoms with E-state index in [1.807, 2.05) is 19.9 Å². The fourth-order valence-corrected chi connectivity index (χ4v) is 3.70. The standard InChI is InChI=1S/C20H25FN2O2S/c1-4-6-16-11-18(26-14(16)3)20(25)23(5-2)13-19(24)22-12-15-7-9-17(21)10-8-15/h7-11H,4-6,12-13H2,1-3H3,(H,22,24). The predicted octanol–water partition coefficient (Wildman–Crippen LogP) is 3.93. The summed E-state index contributed by atoms with van der Waals surface area (Å²) < 4.78 is 12.9. The van der Waals surface area contributed by atoms with E-state index in [0.717, 1.165) is 23.3 Å². The van der Waals surface area contributed by atoms with Gasteiger partial charge in [-0.1, -0.05) is 25.5 Å². The molecule has 1 aromatic carbocycles. The van der Waals surface area contributed by atoms with Gasteiger partial charge >= 0.3 is 0 Å². The van der Waals surface area contributed by atoms with Crippen LogP contribution in [0.15, 0.2) is 30.3 Å². The highest BCUT2D eigenvalue weighted by molar-refractivity contribution is 7.14. The van der Waals surface area contributed by atoms with Crippen molar-refractivity contribution in [3.8, 4) is 0 Å². The molecule has 2 rings (SSSR count). The molecule has 0 aliphatic heterocycles. The summed E-state index contributed by atoms with van der Waals surface area (Å²) in [5.41, 5.74) is 2.02. The lowest BCUT2D eigenvalue weighted by Crippen LogP contribution is -2.40. The molecule has 26 heavy (non-hydrogen) atoms. The third kappa shape index (κ3) is 5.39. The number of rotatable bonds is 8. The molecule has 2 aromatic rings. The second-order valence-corrected chi connectivity index (χ2v) is 7.42. The van der Waals surface area contributed by atoms with Gasteiger partial charge in [0.25, 0.3) is 5.91 Å². The Hall–Kier alpha value is -2.21. The smallest absolute Gasteiger partial charge is 0.264 e. The molecule has 0 unspecified atom stereocenters. The maximum absolute atomic E-state index is 12.9. The molecule has 0 saturated carbocycles. The number of hydrogen-bond donors (Lipinski definition) is 1. The van der Waals surface area contributed by atoms with Gasteiger partial charge in [-0.15, -0.1) is 11.3 Å². The van der Waals surface area contributed by atoms with Gasteiger partial charge in [-0.3, -0.25) is 9.59 Å². The summed E-state index contributed by atoms with van der Waals surface area (Å²) in [6.45, 7) is 6.78. The summed E-state index contributed by atoms with van der Waals surface area (Å²) in [4.78, 5) is 28.3. The first-order chi connectivity index (χ1) is 12.4. The summed E-state index contributed by atoms with van der Waals surface area (Å²) >= 11 is 1.49. The maximum atomic E-state index is 12.9. The van der Waals surface area contributed by atoms with Gasteiger partial charge in [0.15, 0.2) is 0 Å². The van der Waals surface area contributed by atoms with E-state index in [9.17, 15) is 14.0 Å². The van der Waals surface area contributed by atoms with Crippen LogP contribution in [0.3, 0.4) is 0 Å². The summed E-state index contributed by atoms with van der Waals surface area (Å²) in [5.74, 6) is -0.650. The first-order valence-electron chi connectivity index (χ1n) is 8.84. The van der Waals surface area contributed by atoms with Crippen molar-refractivity contribution < 1.29 is 14.0 Å². The maximum Gasteiger partial charge on any atom is 0.264 e. The van der Waals surface area contributed by atoms with Crippen molar-refractivity contribution in [1.82, 2.24) is 10.2 Å². The molecule has 1 N–H and O–H groups in total. The summed E-state index contributed by atoms with van der Waals surface area (Å²) in [6, 6.07) is 7.92. The number of likely N-dealkylation sites (N-methyl/N-ethyl adjacent to an activating group) is 1. The molecule has 4 nitrogen and oxygen atoms in total. The fourth-order valence-electron chi connectivity index (χ4n) is 2.66. The quantitative estimate of drug-likeness (QED) is 0.759. The number of thiophene rings is 1. The molecule has 0 fully saturated rings. The molecule has 2 amide bonds. The minimum Gasteiger partial charge on any atom is -0.350 e. The van der Waals surface area contributed by atoms with Crippen LogP contribution in [-0.2, 0) is 17.8 Å². The monoisotopic (exact) mass is 376 g/mol. The zero-order chi connectivity index (χ0) is 19.1. The predicted molar refractivity (Wildman–Crippen MR) is 103 cm³/mol. The van der Waals surface area contributed by atoms with Crippen molar-refractivity contribution >= 4 is 23.2 Å². The molecule has 0 spiro atoms. The third-order valence-electron chi connectivity index (χ3n) is 4.16. The summed E-state index contributed by atoms with van der Waals surface area (Å²) in [7, 11) is 0. The van der Waals surface area contributed by atoms with Gasteiger partial charge < -0.3 is 10.2 Å². The van der Waals surface area contributed by atoms with Crippen LogP contribution in [-0.4, -0.2) is 29.8 Å². The minimum atomic E-state index is -0.309. The van der Waals surface area contributed by atoms with Crippen LogP contribution in [0.25, 0.3) is 0 Å². The number of amides is 2. The van der Waals surface area contributed by atoms with Crippen molar-refractivity contribution in [2.24, 2.45) is 0 Å². The van der Waals surface area contributed by atoms with Gasteiger partial charge in [0, 0.05) is 18.0 Å². The molecule has 0 aliphatic carbocycles. The highest BCUT2D eigenvalue weighted by atomic mass is 32.1. The second-order valence-electron chi connectivity index (χ2n) is 6.16. The molecule has 140 valence electrons. The Kier molecular flexibility index (Phi) is 7.33. The highest BCUT2D eigenvalue weighted by Gasteiger charge is 2.20. The molecular weight excluding hydrogens is 351 g/mol. The van der Waals surface area contributed by atoms with Crippen molar-refractivity contribution in [3.63, 3.8) is 0 Å². The van der Waals surface area contributed by atoms with E-state index in [-0.39, 0.29) is 24.2 Å². The molecule has 0 aliphatic rings. The average Bonchev–Trinajstić information content (AvgIpc) is 2.99. The fraction of sp³-hybridized carbons (Fsp3) is 0.400. The molecule has 0 bridgehead atoms. The van der Waals surface area contributed by atoms with Crippen LogP contribution in [0.5, 0.6) is 0 Å². The minimum absolute atomic E-state index is 0.0105. The highest BCUT2D eigenvalue weighted by Crippen LogP contribution is 2.24. The van der Waals surface area contributed by atoms with E-state index in [1.165, 1.54) is 29.0 Å². The van der Waals surface area contributed by atoms with Gasteiger partial charge in [-0.2, -0.15) is 0 Å². The van der Waals surface area contributed by atoms with Gasteiger partial charge in [-0.05, 0) is 49.6 Å². The first-order valence-corrected chi connectivity index (χ1v) is 9.66. The average molecular weight is 376 g/mol. The van der Waals surface area contributed by atoms with Crippen LogP contribution in [0.2, 0.25) is 0 Å². The second kappa shape index (κ2) is 9.48. The molecule has 1 aromatic heterocycles. The van der Waals surface area contributed by atoms with Gasteiger partial charge in [-0.25, -0.2) is 4.39 Å². The lowest BCUT2D eigenvalue weighted by atomic mass is 10.1. The number of benzene rings is 1. The zero-order valence-electron chi connectivity index (χ0n) is 15.5. The largest absolute Gasteiger partial charge is 0.350 e. The Morgan fingerprint density at radius 2 is 1.88 bits per heavy atom. The molecular formula is C20H25FN2O2S. The van der Waals surface area contributed by atoms with Crippen LogP contribution >= 0.6 is 11.3 Å². The van der Waals surface area contributed by atoms with Crippen LogP contribution < -0.4 is 5.32 Å². The van der Waals surface area contributed by atoms with E-state index < -0.39 is 0 Å². The Bertz CT molecular complexity index is 756. The molecule has 0 saturated heterocycles. The van der Waals surface area contributed by atoms with E-state index in [1.54, 1.807) is 17.0 Å². The zero-order valence-corrected chi connectivity index (χ0v) is 16.3. The number of carbonyl (C=O) groups is 2. The lowest BCUT2D eigenvalue weighted by molar-refractivity contribution is -0.121. The van der Waals surface area contributed by atoms with Crippen molar-refractivity contribution in [3.05, 3.63) is 57.0 Å². The topological polar surface area (TPSA) is 49.4 Å². The number of nitrogens with one attached hydrogen (secondary N) is 1. The van der Waals surface area contributed by atoms with E-state index in [2.05, 4.69) is 12.2 Å². The normalized spacial score (nSPS) is 10.6. The molecule has 0 radical (unpaired) electrons. The number of carbonyl (C=O) groups excluding carboxylic acids is 2. The van der Waals surface area contributed by atoms with Crippen LogP contribution in [0.4, 0.5) is 4.39 Å².